The molecule has 7 N–H and O–H groups in total. The second-order valence-corrected chi connectivity index (χ2v) is 11.3. The van der Waals surface area contributed by atoms with Crippen LogP contribution in [0.25, 0.3) is 0 Å². The number of fused-ring (bicyclic) bond motifs is 1. The molecule has 4 atom stereocenters. The monoisotopic (exact) mass is 508 g/mol. The summed E-state index contributed by atoms with van der Waals surface area (Å²) >= 11 is 0. The SMILES string of the molecule is C[C@@H]1CCN(C(=O)[C@H](CCCN=C(N)N)NS(=O)(=O)c2cccc3c2NC[C@H](C)C3)[C@H](C(=O)O)C1. The molecule has 11 nitrogen and oxygen atoms in total. The number of para-hydroxylation sites is 1. The number of benzene rings is 1. The van der Waals surface area contributed by atoms with Crippen LogP contribution in [0.5, 0.6) is 0 Å². The van der Waals surface area contributed by atoms with Gasteiger partial charge in [-0.3, -0.25) is 9.79 Å². The predicted molar refractivity (Wildman–Crippen MR) is 133 cm³/mol. The number of carbonyl (C=O) groups excluding carboxylic acids is 1. The minimum atomic E-state index is -4.10. The van der Waals surface area contributed by atoms with Crippen LogP contribution in [0.4, 0.5) is 5.69 Å². The van der Waals surface area contributed by atoms with Gasteiger partial charge in [-0.15, -0.1) is 0 Å². The van der Waals surface area contributed by atoms with Gasteiger partial charge in [0.15, 0.2) is 5.96 Å². The maximum absolute atomic E-state index is 13.5. The zero-order valence-electron chi connectivity index (χ0n) is 20.2. The van der Waals surface area contributed by atoms with Gasteiger partial charge in [-0.05, 0) is 55.6 Å². The van der Waals surface area contributed by atoms with E-state index in [1.54, 1.807) is 6.07 Å². The molecular weight excluding hydrogens is 472 g/mol. The summed E-state index contributed by atoms with van der Waals surface area (Å²) in [6, 6.07) is 2.94. The molecule has 1 aromatic carbocycles. The number of aliphatic carboxylic acids is 1. The standard InChI is InChI=1S/C23H36N6O5S/c1-14-8-10-29(18(12-14)22(31)32)21(30)17(6-4-9-26-23(24)25)28-35(33,34)19-7-3-5-16-11-15(2)13-27-20(16)19/h3,5,7,14-15,17-18,27-28H,4,6,8-13H2,1-2H3,(H,31,32)(H4,24,25,26)/t14-,15-,17+,18+/m1/s1. The number of aliphatic imine (C=N–C) groups is 1. The quantitative estimate of drug-likeness (QED) is 0.184. The molecule has 194 valence electrons. The van der Waals surface area contributed by atoms with Crippen molar-refractivity contribution in [3.05, 3.63) is 23.8 Å². The molecule has 1 saturated heterocycles. The normalized spacial score (nSPS) is 23.0. The first-order valence-electron chi connectivity index (χ1n) is 12.0. The van der Waals surface area contributed by atoms with Crippen molar-refractivity contribution in [2.24, 2.45) is 28.3 Å². The molecule has 35 heavy (non-hydrogen) atoms. The summed E-state index contributed by atoms with van der Waals surface area (Å²) in [4.78, 5) is 30.7. The number of carbonyl (C=O) groups is 2. The lowest BCUT2D eigenvalue weighted by atomic mass is 9.91. The van der Waals surface area contributed by atoms with Crippen LogP contribution in [0.1, 0.15) is 45.1 Å². The van der Waals surface area contributed by atoms with Gasteiger partial charge >= 0.3 is 5.97 Å². The Morgan fingerprint density at radius 1 is 1.29 bits per heavy atom. The van der Waals surface area contributed by atoms with E-state index in [4.69, 9.17) is 11.5 Å². The number of carboxylic acids is 1. The van der Waals surface area contributed by atoms with E-state index in [0.29, 0.717) is 37.4 Å². The van der Waals surface area contributed by atoms with Crippen molar-refractivity contribution in [3.8, 4) is 0 Å². The third-order valence-corrected chi connectivity index (χ3v) is 8.09. The van der Waals surface area contributed by atoms with E-state index in [9.17, 15) is 23.1 Å². The number of hydrogen-bond acceptors (Lipinski definition) is 6. The zero-order valence-corrected chi connectivity index (χ0v) is 21.1. The first kappa shape index (κ1) is 26.7. The number of rotatable bonds is 9. The Morgan fingerprint density at radius 2 is 2.03 bits per heavy atom. The number of anilines is 1. The number of guanidine groups is 1. The molecule has 0 radical (unpaired) electrons. The Kier molecular flexibility index (Phi) is 8.60. The van der Waals surface area contributed by atoms with Crippen molar-refractivity contribution < 1.29 is 23.1 Å². The van der Waals surface area contributed by atoms with Crippen molar-refractivity contribution >= 4 is 33.5 Å². The maximum atomic E-state index is 13.5. The molecule has 1 amide bonds. The number of sulfonamides is 1. The first-order chi connectivity index (χ1) is 16.5. The fourth-order valence-corrected chi connectivity index (χ4v) is 6.17. The molecule has 0 aromatic heterocycles. The summed E-state index contributed by atoms with van der Waals surface area (Å²) in [6.07, 6.45) is 2.17. The minimum absolute atomic E-state index is 0.0750. The Morgan fingerprint density at radius 3 is 2.71 bits per heavy atom. The highest BCUT2D eigenvalue weighted by atomic mass is 32.2. The largest absolute Gasteiger partial charge is 0.480 e. The van der Waals surface area contributed by atoms with E-state index in [0.717, 1.165) is 12.0 Å². The van der Waals surface area contributed by atoms with Crippen LogP contribution in [-0.4, -0.2) is 68.0 Å². The molecule has 2 aliphatic rings. The average molecular weight is 509 g/mol. The molecule has 0 saturated carbocycles. The second kappa shape index (κ2) is 11.3. The molecule has 3 rings (SSSR count). The van der Waals surface area contributed by atoms with Crippen molar-refractivity contribution in [2.45, 2.75) is 62.9 Å². The average Bonchev–Trinajstić information content (AvgIpc) is 2.79. The second-order valence-electron chi connectivity index (χ2n) is 9.62. The van der Waals surface area contributed by atoms with Crippen LogP contribution in [0.15, 0.2) is 28.1 Å². The molecule has 0 spiro atoms. The number of amides is 1. The fourth-order valence-electron chi connectivity index (χ4n) is 4.72. The molecule has 0 bridgehead atoms. The molecule has 2 aliphatic heterocycles. The highest BCUT2D eigenvalue weighted by Gasteiger charge is 2.39. The van der Waals surface area contributed by atoms with Gasteiger partial charge in [0.1, 0.15) is 17.0 Å². The zero-order chi connectivity index (χ0) is 25.8. The van der Waals surface area contributed by atoms with Gasteiger partial charge in [-0.25, -0.2) is 13.2 Å². The van der Waals surface area contributed by atoms with Crippen molar-refractivity contribution in [1.82, 2.24) is 9.62 Å². The fraction of sp³-hybridized carbons (Fsp3) is 0.609. The van der Waals surface area contributed by atoms with E-state index in [2.05, 4.69) is 22.0 Å². The number of piperidine rings is 1. The molecular formula is C23H36N6O5S. The van der Waals surface area contributed by atoms with Crippen LogP contribution in [0.2, 0.25) is 0 Å². The summed E-state index contributed by atoms with van der Waals surface area (Å²) in [5.74, 6) is -1.22. The molecule has 0 unspecified atom stereocenters. The lowest BCUT2D eigenvalue weighted by molar-refractivity contribution is -0.153. The lowest BCUT2D eigenvalue weighted by Crippen LogP contribution is -2.56. The third-order valence-electron chi connectivity index (χ3n) is 6.57. The maximum Gasteiger partial charge on any atom is 0.326 e. The van der Waals surface area contributed by atoms with Gasteiger partial charge in [-0.2, -0.15) is 4.72 Å². The van der Waals surface area contributed by atoms with Crippen molar-refractivity contribution in [1.29, 1.82) is 0 Å². The Bertz CT molecular complexity index is 1070. The van der Waals surface area contributed by atoms with Gasteiger partial charge < -0.3 is 26.8 Å². The smallest absolute Gasteiger partial charge is 0.326 e. The molecule has 1 fully saturated rings. The Balaban J connectivity index is 1.88. The first-order valence-corrected chi connectivity index (χ1v) is 13.4. The van der Waals surface area contributed by atoms with Crippen molar-refractivity contribution in [2.75, 3.05) is 25.0 Å². The number of likely N-dealkylation sites (tertiary alicyclic amines) is 1. The van der Waals surface area contributed by atoms with E-state index >= 15 is 0 Å². The number of nitrogens with zero attached hydrogens (tertiary/aromatic N) is 2. The third kappa shape index (κ3) is 6.63. The summed E-state index contributed by atoms with van der Waals surface area (Å²) in [7, 11) is -4.10. The van der Waals surface area contributed by atoms with Gasteiger partial charge in [0, 0.05) is 19.6 Å². The Labute approximate surface area is 206 Å². The van der Waals surface area contributed by atoms with Gasteiger partial charge in [-0.1, -0.05) is 26.0 Å². The number of nitrogens with one attached hydrogen (secondary N) is 2. The van der Waals surface area contributed by atoms with Crippen LogP contribution in [0, 0.1) is 11.8 Å². The van der Waals surface area contributed by atoms with Crippen molar-refractivity contribution in [3.63, 3.8) is 0 Å². The van der Waals surface area contributed by atoms with Crippen LogP contribution >= 0.6 is 0 Å². The highest BCUT2D eigenvalue weighted by molar-refractivity contribution is 7.89. The van der Waals surface area contributed by atoms with E-state index in [-0.39, 0.29) is 36.3 Å². The van der Waals surface area contributed by atoms with E-state index < -0.39 is 34.0 Å². The lowest BCUT2D eigenvalue weighted by Gasteiger charge is -2.38. The van der Waals surface area contributed by atoms with Gasteiger partial charge in [0.05, 0.1) is 5.69 Å². The summed E-state index contributed by atoms with van der Waals surface area (Å²) < 4.78 is 29.5. The summed E-state index contributed by atoms with van der Waals surface area (Å²) in [6.45, 7) is 5.14. The number of nitrogens with two attached hydrogens (primary N) is 2. The van der Waals surface area contributed by atoms with Gasteiger partial charge in [0.2, 0.25) is 15.9 Å². The number of hydrogen-bond donors (Lipinski definition) is 5. The molecule has 0 aliphatic carbocycles. The summed E-state index contributed by atoms with van der Waals surface area (Å²) in [5, 5.41) is 12.9. The highest BCUT2D eigenvalue weighted by Crippen LogP contribution is 2.31. The topological polar surface area (TPSA) is 180 Å². The summed E-state index contributed by atoms with van der Waals surface area (Å²) in [5.41, 5.74) is 12.2. The van der Waals surface area contributed by atoms with Gasteiger partial charge in [0.25, 0.3) is 0 Å². The number of carboxylic acid groups (broad SMARTS) is 1. The van der Waals surface area contributed by atoms with Crippen LogP contribution < -0.4 is 21.5 Å². The van der Waals surface area contributed by atoms with E-state index in [1.807, 2.05) is 13.0 Å². The molecule has 12 heteroatoms. The molecule has 2 heterocycles. The van der Waals surface area contributed by atoms with Crippen LogP contribution in [0.3, 0.4) is 0 Å². The van der Waals surface area contributed by atoms with Crippen LogP contribution in [-0.2, 0) is 26.0 Å². The molecule has 1 aromatic rings. The van der Waals surface area contributed by atoms with E-state index in [1.165, 1.54) is 11.0 Å². The Hall–Kier alpha value is -2.86. The predicted octanol–water partition coefficient (Wildman–Crippen LogP) is 0.703. The minimum Gasteiger partial charge on any atom is -0.480 e.